The van der Waals surface area contributed by atoms with Crippen LogP contribution in [0.2, 0.25) is 0 Å². The molecule has 0 spiro atoms. The first-order valence-corrected chi connectivity index (χ1v) is 6.81. The van der Waals surface area contributed by atoms with Crippen LogP contribution in [0.4, 0.5) is 10.1 Å². The van der Waals surface area contributed by atoms with Crippen LogP contribution in [0.25, 0.3) is 0 Å². The van der Waals surface area contributed by atoms with Crippen molar-refractivity contribution in [3.63, 3.8) is 0 Å². The fraction of sp³-hybridized carbons (Fsp3) is 0.538. The predicted octanol–water partition coefficient (Wildman–Crippen LogP) is 3.02. The second-order valence-electron chi connectivity index (χ2n) is 4.82. The molecule has 0 bridgehead atoms. The van der Waals surface area contributed by atoms with E-state index in [1.165, 1.54) is 6.07 Å². The molecule has 17 heavy (non-hydrogen) atoms. The highest BCUT2D eigenvalue weighted by atomic mass is 79.9. The minimum Gasteiger partial charge on any atom is -0.365 e. The Hall–Kier alpha value is -0.610. The van der Waals surface area contributed by atoms with E-state index in [4.69, 9.17) is 0 Å². The Morgan fingerprint density at radius 3 is 2.88 bits per heavy atom. The lowest BCUT2D eigenvalue weighted by Gasteiger charge is -2.37. The average Bonchev–Trinajstić information content (AvgIpc) is 2.29. The van der Waals surface area contributed by atoms with Crippen LogP contribution in [0.15, 0.2) is 22.7 Å². The Morgan fingerprint density at radius 1 is 1.47 bits per heavy atom. The standard InChI is InChI=1S/C13H18BrFN2/c1-9(2)12-8-17(7-6-16-12)13-10(14)4-3-5-11(13)15/h3-5,9,12,16H,6-8H2,1-2H3. The van der Waals surface area contributed by atoms with Crippen molar-refractivity contribution in [2.75, 3.05) is 24.5 Å². The highest BCUT2D eigenvalue weighted by molar-refractivity contribution is 9.10. The third kappa shape index (κ3) is 2.80. The van der Waals surface area contributed by atoms with E-state index in [2.05, 4.69) is 40.0 Å². The van der Waals surface area contributed by atoms with Gasteiger partial charge in [0.15, 0.2) is 0 Å². The minimum atomic E-state index is -0.149. The summed E-state index contributed by atoms with van der Waals surface area (Å²) in [6, 6.07) is 5.57. The van der Waals surface area contributed by atoms with Crippen LogP contribution in [0.3, 0.4) is 0 Å². The van der Waals surface area contributed by atoms with E-state index < -0.39 is 0 Å². The topological polar surface area (TPSA) is 15.3 Å². The molecule has 1 aromatic carbocycles. The highest BCUT2D eigenvalue weighted by Crippen LogP contribution is 2.30. The molecule has 94 valence electrons. The summed E-state index contributed by atoms with van der Waals surface area (Å²) in [5.41, 5.74) is 0.694. The van der Waals surface area contributed by atoms with E-state index in [1.807, 2.05) is 6.07 Å². The maximum Gasteiger partial charge on any atom is 0.147 e. The van der Waals surface area contributed by atoms with Crippen molar-refractivity contribution >= 4 is 21.6 Å². The zero-order valence-corrected chi connectivity index (χ0v) is 11.8. The summed E-state index contributed by atoms with van der Waals surface area (Å²) in [7, 11) is 0. The molecule has 0 aliphatic carbocycles. The molecule has 1 fully saturated rings. The van der Waals surface area contributed by atoms with Gasteiger partial charge in [0.1, 0.15) is 5.82 Å². The van der Waals surface area contributed by atoms with Crippen molar-refractivity contribution in [2.45, 2.75) is 19.9 Å². The summed E-state index contributed by atoms with van der Waals surface area (Å²) in [5, 5.41) is 3.48. The molecule has 2 nitrogen and oxygen atoms in total. The SMILES string of the molecule is CC(C)C1CN(c2c(F)cccc2Br)CCN1. The summed E-state index contributed by atoms with van der Waals surface area (Å²) < 4.78 is 14.7. The number of nitrogens with one attached hydrogen (secondary N) is 1. The maximum absolute atomic E-state index is 13.9. The second-order valence-corrected chi connectivity index (χ2v) is 5.68. The number of nitrogens with zero attached hydrogens (tertiary/aromatic N) is 1. The third-order valence-corrected chi connectivity index (χ3v) is 3.90. The quantitative estimate of drug-likeness (QED) is 0.903. The van der Waals surface area contributed by atoms with Crippen LogP contribution in [-0.4, -0.2) is 25.7 Å². The molecule has 4 heteroatoms. The second kappa shape index (κ2) is 5.36. The Labute approximate surface area is 110 Å². The number of halogens is 2. The molecular weight excluding hydrogens is 283 g/mol. The van der Waals surface area contributed by atoms with Crippen LogP contribution in [-0.2, 0) is 0 Å². The van der Waals surface area contributed by atoms with E-state index >= 15 is 0 Å². The number of benzene rings is 1. The van der Waals surface area contributed by atoms with E-state index in [0.717, 1.165) is 24.1 Å². The number of anilines is 1. The molecular formula is C13H18BrFN2. The van der Waals surface area contributed by atoms with Crippen molar-refractivity contribution in [1.82, 2.24) is 5.32 Å². The largest absolute Gasteiger partial charge is 0.365 e. The lowest BCUT2D eigenvalue weighted by molar-refractivity contribution is 0.366. The van der Waals surface area contributed by atoms with Crippen LogP contribution >= 0.6 is 15.9 Å². The third-order valence-electron chi connectivity index (χ3n) is 3.26. The number of para-hydroxylation sites is 1. The first kappa shape index (κ1) is 12.8. The van der Waals surface area contributed by atoms with Gasteiger partial charge < -0.3 is 10.2 Å². The van der Waals surface area contributed by atoms with Crippen molar-refractivity contribution in [3.05, 3.63) is 28.5 Å². The molecule has 1 atom stereocenters. The van der Waals surface area contributed by atoms with Crippen LogP contribution in [0.5, 0.6) is 0 Å². The van der Waals surface area contributed by atoms with Gasteiger partial charge >= 0.3 is 0 Å². The maximum atomic E-state index is 13.9. The van der Waals surface area contributed by atoms with Crippen LogP contribution < -0.4 is 10.2 Å². The average molecular weight is 301 g/mol. The van der Waals surface area contributed by atoms with Crippen molar-refractivity contribution in [2.24, 2.45) is 5.92 Å². The van der Waals surface area contributed by atoms with E-state index in [1.54, 1.807) is 6.07 Å². The molecule has 1 aliphatic rings. The smallest absolute Gasteiger partial charge is 0.147 e. The first-order valence-electron chi connectivity index (χ1n) is 6.02. The van der Waals surface area contributed by atoms with Gasteiger partial charge in [0.25, 0.3) is 0 Å². The van der Waals surface area contributed by atoms with Crippen molar-refractivity contribution < 1.29 is 4.39 Å². The molecule has 1 N–H and O–H groups in total. The Balaban J connectivity index is 2.22. The van der Waals surface area contributed by atoms with Gasteiger partial charge in [0, 0.05) is 30.1 Å². The van der Waals surface area contributed by atoms with Crippen LogP contribution in [0, 0.1) is 11.7 Å². The molecule has 0 radical (unpaired) electrons. The summed E-state index contributed by atoms with van der Waals surface area (Å²) in [4.78, 5) is 2.13. The number of hydrogen-bond donors (Lipinski definition) is 1. The fourth-order valence-electron chi connectivity index (χ4n) is 2.22. The zero-order valence-electron chi connectivity index (χ0n) is 10.2. The number of piperazine rings is 1. The molecule has 0 aromatic heterocycles. The van der Waals surface area contributed by atoms with Crippen molar-refractivity contribution in [3.8, 4) is 0 Å². The lowest BCUT2D eigenvalue weighted by atomic mass is 10.0. The first-order chi connectivity index (χ1) is 8.09. The van der Waals surface area contributed by atoms with Gasteiger partial charge in [0.2, 0.25) is 0 Å². The lowest BCUT2D eigenvalue weighted by Crippen LogP contribution is -2.53. The van der Waals surface area contributed by atoms with E-state index in [-0.39, 0.29) is 5.82 Å². The van der Waals surface area contributed by atoms with Gasteiger partial charge in [-0.05, 0) is 34.0 Å². The van der Waals surface area contributed by atoms with Gasteiger partial charge in [-0.2, -0.15) is 0 Å². The predicted molar refractivity (Wildman–Crippen MR) is 72.9 cm³/mol. The summed E-state index contributed by atoms with van der Waals surface area (Å²) >= 11 is 3.44. The van der Waals surface area contributed by atoms with Gasteiger partial charge in [0.05, 0.1) is 5.69 Å². The molecule has 1 unspecified atom stereocenters. The summed E-state index contributed by atoms with van der Waals surface area (Å²) in [5.74, 6) is 0.409. The van der Waals surface area contributed by atoms with Crippen molar-refractivity contribution in [1.29, 1.82) is 0 Å². The zero-order chi connectivity index (χ0) is 12.4. The molecule has 0 amide bonds. The molecule has 1 aromatic rings. The Bertz CT molecular complexity index is 375. The normalized spacial score (nSPS) is 21.0. The molecule has 0 saturated carbocycles. The van der Waals surface area contributed by atoms with Gasteiger partial charge in [-0.15, -0.1) is 0 Å². The Kier molecular flexibility index (Phi) is 4.05. The van der Waals surface area contributed by atoms with Gasteiger partial charge in [-0.1, -0.05) is 19.9 Å². The Morgan fingerprint density at radius 2 is 2.24 bits per heavy atom. The number of hydrogen-bond acceptors (Lipinski definition) is 2. The monoisotopic (exact) mass is 300 g/mol. The summed E-state index contributed by atoms with van der Waals surface area (Å²) in [6.07, 6.45) is 0. The molecule has 2 rings (SSSR count). The number of rotatable bonds is 2. The van der Waals surface area contributed by atoms with Gasteiger partial charge in [-0.3, -0.25) is 0 Å². The molecule has 1 heterocycles. The minimum absolute atomic E-state index is 0.149. The van der Waals surface area contributed by atoms with Crippen LogP contribution in [0.1, 0.15) is 13.8 Å². The fourth-order valence-corrected chi connectivity index (χ4v) is 2.81. The molecule has 1 aliphatic heterocycles. The summed E-state index contributed by atoms with van der Waals surface area (Å²) in [6.45, 7) is 7.00. The van der Waals surface area contributed by atoms with E-state index in [9.17, 15) is 4.39 Å². The highest BCUT2D eigenvalue weighted by Gasteiger charge is 2.24. The van der Waals surface area contributed by atoms with E-state index in [0.29, 0.717) is 17.6 Å². The molecule has 1 saturated heterocycles. The van der Waals surface area contributed by atoms with Gasteiger partial charge in [-0.25, -0.2) is 4.39 Å².